The summed E-state index contributed by atoms with van der Waals surface area (Å²) in [6.45, 7) is -0.150. The van der Waals surface area contributed by atoms with Crippen molar-refractivity contribution in [2.24, 2.45) is 0 Å². The highest BCUT2D eigenvalue weighted by molar-refractivity contribution is 5.80. The molecule has 0 saturated heterocycles. The van der Waals surface area contributed by atoms with Gasteiger partial charge in [0, 0.05) is 6.42 Å². The number of aliphatic carboxylic acids is 1. The normalized spacial score (nSPS) is 12.3. The van der Waals surface area contributed by atoms with Crippen LogP contribution in [0.1, 0.15) is 16.7 Å². The number of carboxylic acids is 1. The number of halogens is 5. The molecule has 1 unspecified atom stereocenters. The molecule has 2 N–H and O–H groups in total. The van der Waals surface area contributed by atoms with Crippen molar-refractivity contribution in [3.63, 3.8) is 0 Å². The number of carbonyl (C=O) groups is 2. The van der Waals surface area contributed by atoms with Crippen LogP contribution in [0.4, 0.5) is 26.7 Å². The van der Waals surface area contributed by atoms with Gasteiger partial charge < -0.3 is 15.2 Å². The molecule has 2 aromatic rings. The second-order valence-electron chi connectivity index (χ2n) is 5.73. The number of benzene rings is 2. The summed E-state index contributed by atoms with van der Waals surface area (Å²) in [7, 11) is 0. The third kappa shape index (κ3) is 5.66. The Hall–Kier alpha value is -3.17. The van der Waals surface area contributed by atoms with Gasteiger partial charge in [0.15, 0.2) is 0 Å². The molecule has 2 aromatic carbocycles. The minimum atomic E-state index is -5.24. The Morgan fingerprint density at radius 3 is 2.11 bits per heavy atom. The number of carboxylic acid groups (broad SMARTS) is 1. The lowest BCUT2D eigenvalue weighted by molar-refractivity contribution is -0.142. The first-order valence-corrected chi connectivity index (χ1v) is 7.83. The molecule has 0 aromatic heterocycles. The number of rotatable bonds is 6. The lowest BCUT2D eigenvalue weighted by Gasteiger charge is -2.16. The summed E-state index contributed by atoms with van der Waals surface area (Å²) in [4.78, 5) is 23.0. The number of ether oxygens (including phenoxy) is 1. The van der Waals surface area contributed by atoms with E-state index in [1.54, 1.807) is 30.3 Å². The van der Waals surface area contributed by atoms with Crippen LogP contribution in [0, 0.1) is 11.6 Å². The van der Waals surface area contributed by atoms with Crippen LogP contribution in [0.2, 0.25) is 0 Å². The van der Waals surface area contributed by atoms with E-state index in [0.29, 0.717) is 17.7 Å². The lowest BCUT2D eigenvalue weighted by Crippen LogP contribution is -2.42. The first-order chi connectivity index (χ1) is 13.1. The average molecular weight is 403 g/mol. The molecule has 10 heteroatoms. The smallest absolute Gasteiger partial charge is 0.422 e. The molecule has 0 fully saturated rings. The molecule has 2 rings (SSSR count). The summed E-state index contributed by atoms with van der Waals surface area (Å²) in [5, 5.41) is 11.1. The highest BCUT2D eigenvalue weighted by Crippen LogP contribution is 2.34. The zero-order valence-electron chi connectivity index (χ0n) is 14.1. The van der Waals surface area contributed by atoms with Crippen molar-refractivity contribution in [3.05, 3.63) is 70.8 Å². The van der Waals surface area contributed by atoms with Gasteiger partial charge in [0.05, 0.1) is 0 Å². The number of nitrogens with one attached hydrogen (secondary N) is 1. The van der Waals surface area contributed by atoms with E-state index in [1.165, 1.54) is 0 Å². The van der Waals surface area contributed by atoms with Crippen LogP contribution in [0.5, 0.6) is 0 Å². The fourth-order valence-corrected chi connectivity index (χ4v) is 2.36. The zero-order valence-corrected chi connectivity index (χ0v) is 14.1. The van der Waals surface area contributed by atoms with Gasteiger partial charge in [0.2, 0.25) is 0 Å². The predicted molar refractivity (Wildman–Crippen MR) is 86.3 cm³/mol. The van der Waals surface area contributed by atoms with Crippen molar-refractivity contribution in [2.75, 3.05) is 0 Å². The Bertz CT molecular complexity index is 832. The Labute approximate surface area is 155 Å². The first kappa shape index (κ1) is 21.1. The van der Waals surface area contributed by atoms with Crippen molar-refractivity contribution in [1.82, 2.24) is 5.32 Å². The van der Waals surface area contributed by atoms with Gasteiger partial charge in [0.25, 0.3) is 0 Å². The molecule has 0 radical (unpaired) electrons. The average Bonchev–Trinajstić information content (AvgIpc) is 2.58. The number of alkyl halides is 3. The summed E-state index contributed by atoms with van der Waals surface area (Å²) in [6.07, 6.45) is -7.00. The number of alkyl carbamates (subject to hydrolysis) is 1. The quantitative estimate of drug-likeness (QED) is 0.718. The Morgan fingerprint density at radius 2 is 1.61 bits per heavy atom. The first-order valence-electron chi connectivity index (χ1n) is 7.83. The number of carbonyl (C=O) groups excluding carboxylic acids is 1. The van der Waals surface area contributed by atoms with E-state index in [1.807, 2.05) is 5.32 Å². The highest BCUT2D eigenvalue weighted by Gasteiger charge is 2.38. The maximum absolute atomic E-state index is 13.6. The summed E-state index contributed by atoms with van der Waals surface area (Å²) in [6, 6.07) is 7.54. The molecule has 5 nitrogen and oxygen atoms in total. The van der Waals surface area contributed by atoms with Gasteiger partial charge in [-0.3, -0.25) is 0 Å². The van der Waals surface area contributed by atoms with E-state index in [9.17, 15) is 31.5 Å². The van der Waals surface area contributed by atoms with Crippen LogP contribution in [-0.4, -0.2) is 23.2 Å². The minimum absolute atomic E-state index is 0.150. The van der Waals surface area contributed by atoms with Crippen molar-refractivity contribution >= 4 is 12.1 Å². The fraction of sp³-hybridized carbons (Fsp3) is 0.222. The Morgan fingerprint density at radius 1 is 1.04 bits per heavy atom. The van der Waals surface area contributed by atoms with Crippen LogP contribution in [-0.2, 0) is 28.7 Å². The number of amides is 1. The van der Waals surface area contributed by atoms with E-state index in [2.05, 4.69) is 0 Å². The Balaban J connectivity index is 2.06. The standard InChI is InChI=1S/C18H14F5NO4/c19-12-6-11(7-13(20)15(12)18(21,22)23)8-14(16(25)26)24-17(27)28-9-10-4-2-1-3-5-10/h1-7,14H,8-9H2,(H,24,27)(H,25,26). The van der Waals surface area contributed by atoms with Gasteiger partial charge in [-0.15, -0.1) is 0 Å². The molecule has 0 aliphatic rings. The molecule has 0 bridgehead atoms. The monoisotopic (exact) mass is 403 g/mol. The fourth-order valence-electron chi connectivity index (χ4n) is 2.36. The van der Waals surface area contributed by atoms with E-state index >= 15 is 0 Å². The maximum Gasteiger partial charge on any atom is 0.422 e. The maximum atomic E-state index is 13.6. The Kier molecular flexibility index (Phi) is 6.55. The molecule has 28 heavy (non-hydrogen) atoms. The van der Waals surface area contributed by atoms with Crippen LogP contribution in [0.25, 0.3) is 0 Å². The van der Waals surface area contributed by atoms with Crippen molar-refractivity contribution in [3.8, 4) is 0 Å². The van der Waals surface area contributed by atoms with E-state index in [0.717, 1.165) is 0 Å². The van der Waals surface area contributed by atoms with Crippen LogP contribution < -0.4 is 5.32 Å². The number of hydrogen-bond donors (Lipinski definition) is 2. The summed E-state index contributed by atoms with van der Waals surface area (Å²) < 4.78 is 69.8. The third-order valence-electron chi connectivity index (χ3n) is 3.63. The van der Waals surface area contributed by atoms with E-state index in [-0.39, 0.29) is 12.2 Å². The molecular formula is C18H14F5NO4. The van der Waals surface area contributed by atoms with Gasteiger partial charge in [0.1, 0.15) is 29.8 Å². The van der Waals surface area contributed by atoms with E-state index in [4.69, 9.17) is 9.84 Å². The predicted octanol–water partition coefficient (Wildman–Crippen LogP) is 3.91. The molecule has 1 atom stereocenters. The van der Waals surface area contributed by atoms with Gasteiger partial charge in [-0.2, -0.15) is 13.2 Å². The van der Waals surface area contributed by atoms with Gasteiger partial charge in [-0.05, 0) is 23.3 Å². The lowest BCUT2D eigenvalue weighted by atomic mass is 10.0. The minimum Gasteiger partial charge on any atom is -0.480 e. The molecule has 0 aliphatic heterocycles. The topological polar surface area (TPSA) is 75.6 Å². The van der Waals surface area contributed by atoms with Crippen molar-refractivity contribution < 1.29 is 41.4 Å². The largest absolute Gasteiger partial charge is 0.480 e. The van der Waals surface area contributed by atoms with Crippen LogP contribution in [0.3, 0.4) is 0 Å². The van der Waals surface area contributed by atoms with Gasteiger partial charge >= 0.3 is 18.2 Å². The van der Waals surface area contributed by atoms with Gasteiger partial charge in [-0.1, -0.05) is 30.3 Å². The third-order valence-corrected chi connectivity index (χ3v) is 3.63. The molecule has 1 amide bonds. The highest BCUT2D eigenvalue weighted by atomic mass is 19.4. The molecule has 0 aliphatic carbocycles. The van der Waals surface area contributed by atoms with Crippen LogP contribution >= 0.6 is 0 Å². The second kappa shape index (κ2) is 8.68. The van der Waals surface area contributed by atoms with Crippen LogP contribution in [0.15, 0.2) is 42.5 Å². The molecule has 0 spiro atoms. The molecule has 150 valence electrons. The summed E-state index contributed by atoms with van der Waals surface area (Å²) in [5.74, 6) is -5.31. The summed E-state index contributed by atoms with van der Waals surface area (Å²) in [5.41, 5.74) is -1.81. The zero-order chi connectivity index (χ0) is 20.9. The second-order valence-corrected chi connectivity index (χ2v) is 5.73. The van der Waals surface area contributed by atoms with Crippen molar-refractivity contribution in [2.45, 2.75) is 25.2 Å². The number of hydrogen-bond acceptors (Lipinski definition) is 3. The summed E-state index contributed by atoms with van der Waals surface area (Å²) >= 11 is 0. The molecular weight excluding hydrogens is 389 g/mol. The van der Waals surface area contributed by atoms with Crippen molar-refractivity contribution in [1.29, 1.82) is 0 Å². The van der Waals surface area contributed by atoms with E-state index < -0.39 is 47.9 Å². The van der Waals surface area contributed by atoms with Gasteiger partial charge in [-0.25, -0.2) is 18.4 Å². The SMILES string of the molecule is O=C(NC(Cc1cc(F)c(C(F)(F)F)c(F)c1)C(=O)O)OCc1ccccc1. The molecule has 0 saturated carbocycles. The molecule has 0 heterocycles.